The van der Waals surface area contributed by atoms with Gasteiger partial charge in [0.25, 0.3) is 0 Å². The van der Waals surface area contributed by atoms with Crippen LogP contribution >= 0.6 is 0 Å². The lowest BCUT2D eigenvalue weighted by Gasteiger charge is -2.28. The van der Waals surface area contributed by atoms with Gasteiger partial charge in [0.05, 0.1) is 0 Å². The van der Waals surface area contributed by atoms with E-state index in [0.717, 1.165) is 0 Å². The maximum Gasteiger partial charge on any atom is 0.00989 e. The standard InChI is InChI=1S/C12H27N/c1-10(13-12(5,6)7)8-9-11(2,3)4/h10,13H,8-9H2,1-7H3/t10-/m1/s1. The molecule has 13 heavy (non-hydrogen) atoms. The van der Waals surface area contributed by atoms with Crippen molar-refractivity contribution in [3.05, 3.63) is 0 Å². The largest absolute Gasteiger partial charge is 0.310 e. The van der Waals surface area contributed by atoms with E-state index in [2.05, 4.69) is 53.8 Å². The van der Waals surface area contributed by atoms with Gasteiger partial charge in [0, 0.05) is 11.6 Å². The van der Waals surface area contributed by atoms with Crippen LogP contribution in [-0.4, -0.2) is 11.6 Å². The summed E-state index contributed by atoms with van der Waals surface area (Å²) in [6, 6.07) is 0.624. The summed E-state index contributed by atoms with van der Waals surface area (Å²) in [5, 5.41) is 3.59. The van der Waals surface area contributed by atoms with Gasteiger partial charge < -0.3 is 5.32 Å². The van der Waals surface area contributed by atoms with Gasteiger partial charge in [0.1, 0.15) is 0 Å². The van der Waals surface area contributed by atoms with Gasteiger partial charge in [0.2, 0.25) is 0 Å². The van der Waals surface area contributed by atoms with E-state index >= 15 is 0 Å². The predicted octanol–water partition coefficient (Wildman–Crippen LogP) is 3.59. The summed E-state index contributed by atoms with van der Waals surface area (Å²) in [6.07, 6.45) is 2.55. The van der Waals surface area contributed by atoms with Crippen LogP contribution in [0.2, 0.25) is 0 Å². The van der Waals surface area contributed by atoms with E-state index < -0.39 is 0 Å². The van der Waals surface area contributed by atoms with E-state index in [0.29, 0.717) is 11.5 Å². The molecule has 0 amide bonds. The molecule has 0 aliphatic rings. The molecule has 1 nitrogen and oxygen atoms in total. The summed E-state index contributed by atoms with van der Waals surface area (Å²) >= 11 is 0. The molecule has 1 heteroatoms. The summed E-state index contributed by atoms with van der Waals surface area (Å²) in [4.78, 5) is 0. The lowest BCUT2D eigenvalue weighted by molar-refractivity contribution is 0.301. The summed E-state index contributed by atoms with van der Waals surface area (Å²) in [5.41, 5.74) is 0.713. The second kappa shape index (κ2) is 4.45. The molecule has 0 aliphatic heterocycles. The predicted molar refractivity (Wildman–Crippen MR) is 61.0 cm³/mol. The molecule has 0 aromatic carbocycles. The lowest BCUT2D eigenvalue weighted by atomic mass is 9.88. The first-order valence-corrected chi connectivity index (χ1v) is 5.38. The minimum atomic E-state index is 0.247. The highest BCUT2D eigenvalue weighted by atomic mass is 15.0. The minimum absolute atomic E-state index is 0.247. The number of hydrogen-bond donors (Lipinski definition) is 1. The van der Waals surface area contributed by atoms with Crippen molar-refractivity contribution in [2.45, 2.75) is 72.9 Å². The Balaban J connectivity index is 3.70. The number of hydrogen-bond acceptors (Lipinski definition) is 1. The molecule has 0 aromatic rings. The van der Waals surface area contributed by atoms with Crippen LogP contribution in [0, 0.1) is 5.41 Å². The van der Waals surface area contributed by atoms with Crippen LogP contribution < -0.4 is 5.32 Å². The first-order valence-electron chi connectivity index (χ1n) is 5.38. The molecule has 0 unspecified atom stereocenters. The fourth-order valence-electron chi connectivity index (χ4n) is 1.46. The van der Waals surface area contributed by atoms with Crippen LogP contribution in [0.1, 0.15) is 61.3 Å². The molecule has 0 saturated carbocycles. The van der Waals surface area contributed by atoms with Gasteiger partial charge in [-0.05, 0) is 46.0 Å². The van der Waals surface area contributed by atoms with Crippen molar-refractivity contribution in [1.82, 2.24) is 5.32 Å². The van der Waals surface area contributed by atoms with E-state index in [1.165, 1.54) is 12.8 Å². The zero-order valence-corrected chi connectivity index (χ0v) is 10.5. The molecular weight excluding hydrogens is 158 g/mol. The quantitative estimate of drug-likeness (QED) is 0.708. The van der Waals surface area contributed by atoms with Crippen LogP contribution in [-0.2, 0) is 0 Å². The first-order chi connectivity index (χ1) is 5.60. The highest BCUT2D eigenvalue weighted by molar-refractivity contribution is 4.76. The molecule has 0 aromatic heterocycles. The van der Waals surface area contributed by atoms with Crippen molar-refractivity contribution in [2.24, 2.45) is 5.41 Å². The summed E-state index contributed by atoms with van der Waals surface area (Å²) < 4.78 is 0. The third kappa shape index (κ3) is 9.88. The fourth-order valence-corrected chi connectivity index (χ4v) is 1.46. The zero-order chi connectivity index (χ0) is 10.7. The van der Waals surface area contributed by atoms with Crippen LogP contribution in [0.15, 0.2) is 0 Å². The maximum atomic E-state index is 3.59. The van der Waals surface area contributed by atoms with Crippen molar-refractivity contribution in [1.29, 1.82) is 0 Å². The van der Waals surface area contributed by atoms with Gasteiger partial charge in [-0.3, -0.25) is 0 Å². The second-order valence-corrected chi connectivity index (χ2v) is 6.39. The highest BCUT2D eigenvalue weighted by Gasteiger charge is 2.16. The third-order valence-electron chi connectivity index (χ3n) is 2.01. The smallest absolute Gasteiger partial charge is 0.00989 e. The van der Waals surface area contributed by atoms with Crippen LogP contribution in [0.3, 0.4) is 0 Å². The van der Waals surface area contributed by atoms with Crippen molar-refractivity contribution in [2.75, 3.05) is 0 Å². The Labute approximate surface area is 84.3 Å². The van der Waals surface area contributed by atoms with Crippen molar-refractivity contribution in [3.8, 4) is 0 Å². The van der Waals surface area contributed by atoms with E-state index in [9.17, 15) is 0 Å². The van der Waals surface area contributed by atoms with E-state index in [1.807, 2.05) is 0 Å². The molecule has 0 radical (unpaired) electrons. The van der Waals surface area contributed by atoms with Gasteiger partial charge in [-0.1, -0.05) is 20.8 Å². The van der Waals surface area contributed by atoms with Crippen molar-refractivity contribution < 1.29 is 0 Å². The second-order valence-electron chi connectivity index (χ2n) is 6.39. The minimum Gasteiger partial charge on any atom is -0.310 e. The molecule has 0 rings (SSSR count). The van der Waals surface area contributed by atoms with Gasteiger partial charge in [0.15, 0.2) is 0 Å². The van der Waals surface area contributed by atoms with E-state index in [4.69, 9.17) is 0 Å². The molecule has 0 aliphatic carbocycles. The topological polar surface area (TPSA) is 12.0 Å². The molecule has 0 fully saturated rings. The molecule has 0 spiro atoms. The molecule has 0 heterocycles. The fraction of sp³-hybridized carbons (Fsp3) is 1.00. The lowest BCUT2D eigenvalue weighted by Crippen LogP contribution is -2.42. The van der Waals surface area contributed by atoms with Crippen LogP contribution in [0.4, 0.5) is 0 Å². The maximum absolute atomic E-state index is 3.59. The van der Waals surface area contributed by atoms with Gasteiger partial charge in [-0.25, -0.2) is 0 Å². The molecule has 1 atom stereocenters. The summed E-state index contributed by atoms with van der Waals surface area (Å²) in [6.45, 7) is 15.9. The van der Waals surface area contributed by atoms with Gasteiger partial charge >= 0.3 is 0 Å². The van der Waals surface area contributed by atoms with Gasteiger partial charge in [-0.15, -0.1) is 0 Å². The number of nitrogens with one attached hydrogen (secondary N) is 1. The SMILES string of the molecule is C[C@H](CCC(C)(C)C)NC(C)(C)C. The normalized spacial score (nSPS) is 15.9. The van der Waals surface area contributed by atoms with Crippen LogP contribution in [0.25, 0.3) is 0 Å². The van der Waals surface area contributed by atoms with Gasteiger partial charge in [-0.2, -0.15) is 0 Å². The average Bonchev–Trinajstić information content (AvgIpc) is 1.78. The summed E-state index contributed by atoms with van der Waals surface area (Å²) in [5.74, 6) is 0. The van der Waals surface area contributed by atoms with Crippen LogP contribution in [0.5, 0.6) is 0 Å². The van der Waals surface area contributed by atoms with Crippen molar-refractivity contribution in [3.63, 3.8) is 0 Å². The molecular formula is C12H27N. The Morgan fingerprint density at radius 3 is 1.77 bits per heavy atom. The Bertz CT molecular complexity index is 136. The van der Waals surface area contributed by atoms with Crippen molar-refractivity contribution >= 4 is 0 Å². The van der Waals surface area contributed by atoms with E-state index in [-0.39, 0.29) is 5.54 Å². The Hall–Kier alpha value is -0.0400. The number of rotatable bonds is 3. The molecule has 1 N–H and O–H groups in total. The zero-order valence-electron chi connectivity index (χ0n) is 10.5. The first kappa shape index (κ1) is 13.0. The average molecular weight is 185 g/mol. The van der Waals surface area contributed by atoms with E-state index in [1.54, 1.807) is 0 Å². The molecule has 0 bridgehead atoms. The summed E-state index contributed by atoms with van der Waals surface area (Å²) in [7, 11) is 0. The molecule has 0 saturated heterocycles. The molecule has 80 valence electrons. The Kier molecular flexibility index (Phi) is 4.44. The third-order valence-corrected chi connectivity index (χ3v) is 2.01. The Morgan fingerprint density at radius 2 is 1.46 bits per heavy atom. The highest BCUT2D eigenvalue weighted by Crippen LogP contribution is 2.21. The monoisotopic (exact) mass is 185 g/mol. The Morgan fingerprint density at radius 1 is 1.00 bits per heavy atom.